The highest BCUT2D eigenvalue weighted by Crippen LogP contribution is 2.37. The number of nitrogens with one attached hydrogen (secondary N) is 2. The van der Waals surface area contributed by atoms with Crippen molar-refractivity contribution < 1.29 is 61.5 Å². The van der Waals surface area contributed by atoms with E-state index in [1.807, 2.05) is 0 Å². The lowest BCUT2D eigenvalue weighted by Crippen LogP contribution is -2.29. The summed E-state index contributed by atoms with van der Waals surface area (Å²) in [5, 5.41) is 14.3. The molecule has 6 N–H and O–H groups in total. The number of hydrogen-bond acceptors (Lipinski definition) is 14. The maximum Gasteiger partial charge on any atom is 0.296 e. The number of azo groups is 1. The maximum absolute atomic E-state index is 13.8. The number of amides is 1. The molecule has 1 amide bonds. The quantitative estimate of drug-likeness (QED) is 0.0798. The normalized spacial score (nSPS) is 14.8. The van der Waals surface area contributed by atoms with Crippen LogP contribution in [0.5, 0.6) is 0 Å². The van der Waals surface area contributed by atoms with Gasteiger partial charge in [0.15, 0.2) is 5.71 Å². The summed E-state index contributed by atoms with van der Waals surface area (Å²) < 4.78 is 134. The van der Waals surface area contributed by atoms with Crippen LogP contribution < -0.4 is 10.7 Å². The molecule has 1 aliphatic rings. The number of anilines is 2. The molecule has 0 atom stereocenters. The average molecular weight is 780 g/mol. The molecule has 23 heteroatoms. The molecule has 0 aliphatic heterocycles. The van der Waals surface area contributed by atoms with E-state index in [1.54, 1.807) is 0 Å². The predicted molar refractivity (Wildman–Crippen MR) is 180 cm³/mol. The zero-order valence-corrected chi connectivity index (χ0v) is 28.5. The molecule has 0 heterocycles. The van der Waals surface area contributed by atoms with Gasteiger partial charge in [0.1, 0.15) is 9.80 Å². The Morgan fingerprint density at radius 2 is 1.27 bits per heavy atom. The molecule has 0 spiro atoms. The van der Waals surface area contributed by atoms with Gasteiger partial charge in [0.25, 0.3) is 40.5 Å². The summed E-state index contributed by atoms with van der Waals surface area (Å²) in [5.74, 6) is -2.06. The van der Waals surface area contributed by atoms with Crippen LogP contribution in [-0.2, 0) is 45.3 Å². The van der Waals surface area contributed by atoms with Crippen LogP contribution in [0.25, 0.3) is 16.8 Å². The van der Waals surface area contributed by atoms with Gasteiger partial charge in [-0.05, 0) is 66.7 Å². The van der Waals surface area contributed by atoms with Crippen molar-refractivity contribution in [1.29, 1.82) is 0 Å². The van der Waals surface area contributed by atoms with Gasteiger partial charge in [0.05, 0.1) is 38.1 Å². The molecule has 0 bridgehead atoms. The minimum absolute atomic E-state index is 0.0544. The molecular formula is C28H21N5O14S4. The molecule has 0 aromatic heterocycles. The number of Topliss-reactive ketones (excluding diaryl/α,β-unsaturated/α-hetero) is 1. The van der Waals surface area contributed by atoms with Gasteiger partial charge in [-0.1, -0.05) is 6.07 Å². The highest BCUT2D eigenvalue weighted by Gasteiger charge is 2.37. The molecule has 5 rings (SSSR count). The molecule has 0 saturated carbocycles. The standard InChI is InChI=1S/C28H21N5O14S4/c1-14(34)29-23-10-11-24(50(42,43)44)20-13-25(51(45,46)47)27(28(35)26(20)23)33-32-22-9-8-21(18-7-6-17(12-19(18)22)49(39,40)41)31-30-15-2-4-16(5-3-15)48(36,37)38/h2-13,32H,1H3,(H,29,34)(H,36,37,38)(H,39,40,41)(H,42,43,44)(H,45,46,47)/b31-30?,33-27+. The summed E-state index contributed by atoms with van der Waals surface area (Å²) in [7, 11) is -19.7. The van der Waals surface area contributed by atoms with Crippen LogP contribution in [0.1, 0.15) is 22.8 Å². The van der Waals surface area contributed by atoms with Gasteiger partial charge in [-0.3, -0.25) is 33.2 Å². The van der Waals surface area contributed by atoms with Crippen LogP contribution in [0, 0.1) is 0 Å². The van der Waals surface area contributed by atoms with E-state index in [9.17, 15) is 56.9 Å². The van der Waals surface area contributed by atoms with Crippen LogP contribution in [0.15, 0.2) is 102 Å². The van der Waals surface area contributed by atoms with Crippen molar-refractivity contribution in [3.05, 3.63) is 82.8 Å². The topological polar surface area (TPSA) is 313 Å². The number of carbonyl (C=O) groups excluding carboxylic acids is 2. The minimum atomic E-state index is -5.35. The van der Waals surface area contributed by atoms with Gasteiger partial charge in [-0.2, -0.15) is 43.9 Å². The van der Waals surface area contributed by atoms with Gasteiger partial charge < -0.3 is 5.32 Å². The second kappa shape index (κ2) is 13.1. The van der Waals surface area contributed by atoms with Crippen LogP contribution in [0.2, 0.25) is 0 Å². The van der Waals surface area contributed by atoms with Crippen molar-refractivity contribution in [2.45, 2.75) is 21.6 Å². The van der Waals surface area contributed by atoms with Crippen molar-refractivity contribution in [2.24, 2.45) is 15.3 Å². The van der Waals surface area contributed by atoms with E-state index in [-0.39, 0.29) is 33.5 Å². The highest BCUT2D eigenvalue weighted by molar-refractivity contribution is 7.91. The van der Waals surface area contributed by atoms with E-state index < -0.39 is 88.6 Å². The molecule has 4 aromatic rings. The minimum Gasteiger partial charge on any atom is -0.326 e. The van der Waals surface area contributed by atoms with E-state index in [2.05, 4.69) is 26.1 Å². The first-order chi connectivity index (χ1) is 23.6. The summed E-state index contributed by atoms with van der Waals surface area (Å²) in [6, 6.07) is 12.1. The number of allylic oxidation sites excluding steroid dienone is 1. The van der Waals surface area contributed by atoms with Crippen LogP contribution in [-0.4, -0.2) is 69.3 Å². The van der Waals surface area contributed by atoms with E-state index in [4.69, 9.17) is 4.55 Å². The number of fused-ring (bicyclic) bond motifs is 2. The van der Waals surface area contributed by atoms with Crippen molar-refractivity contribution in [2.75, 3.05) is 10.7 Å². The summed E-state index contributed by atoms with van der Waals surface area (Å²) in [4.78, 5) is 22.4. The monoisotopic (exact) mass is 779 g/mol. The predicted octanol–water partition coefficient (Wildman–Crippen LogP) is 3.85. The van der Waals surface area contributed by atoms with E-state index in [0.717, 1.165) is 43.3 Å². The van der Waals surface area contributed by atoms with Crippen molar-refractivity contribution >= 4 is 97.5 Å². The number of rotatable bonds is 9. The van der Waals surface area contributed by atoms with Gasteiger partial charge >= 0.3 is 0 Å². The smallest absolute Gasteiger partial charge is 0.296 e. The Hall–Kier alpha value is -5.27. The fourth-order valence-electron chi connectivity index (χ4n) is 4.81. The van der Waals surface area contributed by atoms with Crippen LogP contribution in [0.4, 0.5) is 22.7 Å². The van der Waals surface area contributed by atoms with Gasteiger partial charge in [-0.25, -0.2) is 0 Å². The number of carbonyl (C=O) groups is 2. The molecule has 0 unspecified atom stereocenters. The van der Waals surface area contributed by atoms with Crippen molar-refractivity contribution in [3.63, 3.8) is 0 Å². The third-order valence-corrected chi connectivity index (χ3v) is 10.5. The molecule has 266 valence electrons. The molecule has 0 fully saturated rings. The molecule has 4 aromatic carbocycles. The lowest BCUT2D eigenvalue weighted by Gasteiger charge is -2.21. The third-order valence-electron chi connectivity index (χ3n) is 6.98. The largest absolute Gasteiger partial charge is 0.326 e. The lowest BCUT2D eigenvalue weighted by molar-refractivity contribution is -0.114. The molecular weight excluding hydrogens is 759 g/mol. The molecule has 51 heavy (non-hydrogen) atoms. The fraction of sp³-hybridized carbons (Fsp3) is 0.0357. The lowest BCUT2D eigenvalue weighted by atomic mass is 9.92. The van der Waals surface area contributed by atoms with E-state index in [1.165, 1.54) is 30.3 Å². The first-order valence-electron chi connectivity index (χ1n) is 13.6. The fourth-order valence-corrected chi connectivity index (χ4v) is 7.12. The van der Waals surface area contributed by atoms with Crippen molar-refractivity contribution in [1.82, 2.24) is 0 Å². The summed E-state index contributed by atoms with van der Waals surface area (Å²) in [5.41, 5.74) is -0.180. The van der Waals surface area contributed by atoms with E-state index in [0.29, 0.717) is 6.08 Å². The van der Waals surface area contributed by atoms with E-state index >= 15 is 0 Å². The molecule has 0 saturated heterocycles. The van der Waals surface area contributed by atoms with Gasteiger partial charge in [-0.15, -0.1) is 5.11 Å². The molecule has 0 radical (unpaired) electrons. The number of nitrogens with zero attached hydrogens (tertiary/aromatic N) is 3. The Labute approximate surface area is 288 Å². The second-order valence-corrected chi connectivity index (χ2v) is 16.0. The summed E-state index contributed by atoms with van der Waals surface area (Å²) >= 11 is 0. The second-order valence-electron chi connectivity index (χ2n) is 10.4. The molecule has 19 nitrogen and oxygen atoms in total. The summed E-state index contributed by atoms with van der Waals surface area (Å²) in [6.45, 7) is 1.06. The Morgan fingerprint density at radius 3 is 1.84 bits per heavy atom. The van der Waals surface area contributed by atoms with Gasteiger partial charge in [0.2, 0.25) is 11.7 Å². The first kappa shape index (κ1) is 37.0. The average Bonchev–Trinajstić information content (AvgIpc) is 3.01. The zero-order valence-electron chi connectivity index (χ0n) is 25.3. The first-order valence-corrected chi connectivity index (χ1v) is 19.4. The Bertz CT molecular complexity index is 2730. The maximum atomic E-state index is 13.8. The third kappa shape index (κ3) is 7.89. The summed E-state index contributed by atoms with van der Waals surface area (Å²) in [6.07, 6.45) is 0.543. The number of benzene rings is 4. The molecule has 1 aliphatic carbocycles. The van der Waals surface area contributed by atoms with Gasteiger partial charge in [0, 0.05) is 23.3 Å². The number of ketones is 1. The number of hydrogen-bond donors (Lipinski definition) is 6. The Balaban J connectivity index is 1.66. The Kier molecular flexibility index (Phi) is 9.52. The highest BCUT2D eigenvalue weighted by atomic mass is 32.2. The van der Waals surface area contributed by atoms with Crippen LogP contribution in [0.3, 0.4) is 0 Å². The number of hydrazone groups is 1. The van der Waals surface area contributed by atoms with Crippen LogP contribution >= 0.6 is 0 Å². The Morgan fingerprint density at radius 1 is 0.667 bits per heavy atom. The zero-order chi connectivity index (χ0) is 37.7. The SMILES string of the molecule is CC(=O)Nc1ccc(S(=O)(=O)O)c2c1C(=O)/C(=N/Nc1ccc(N=Nc3ccc(S(=O)(=O)O)cc3)c3ccc(S(=O)(=O)O)cc13)C(S(=O)(=O)O)=C2. The van der Waals surface area contributed by atoms with Crippen molar-refractivity contribution in [3.8, 4) is 0 Å².